The van der Waals surface area contributed by atoms with Crippen molar-refractivity contribution >= 4 is 64.6 Å². The van der Waals surface area contributed by atoms with Gasteiger partial charge in [-0.3, -0.25) is 0 Å². The highest BCUT2D eigenvalue weighted by molar-refractivity contribution is 6.26. The van der Waals surface area contributed by atoms with Crippen LogP contribution in [-0.2, 0) is 5.41 Å². The molecule has 0 amide bonds. The first kappa shape index (κ1) is 35.9. The smallest absolute Gasteiger partial charge is 0.0159 e. The molecule has 0 nitrogen and oxygen atoms in total. The molecule has 0 unspecified atom stereocenters. The fourth-order valence-electron chi connectivity index (χ4n) is 11.1. The minimum atomic E-state index is -0.143. The molecule has 0 radical (unpaired) electrons. The van der Waals surface area contributed by atoms with Crippen molar-refractivity contribution in [1.29, 1.82) is 0 Å². The minimum absolute atomic E-state index is 0.143. The Kier molecular flexibility index (Phi) is 7.75. The fraction of sp³-hybridized carbons (Fsp3) is 0.0476. The van der Waals surface area contributed by atoms with Crippen LogP contribution in [0.5, 0.6) is 0 Å². The SMILES string of the molecule is CC1(C)c2cc(-c3ccc4ccccc4c3)ccc2-c2ccc(-c3cccc4c(-c5ccc(-c6ccc7c8ccccc8c8ccccc8c7c6)c6ccccc56)cccc34)cc21. The van der Waals surface area contributed by atoms with Gasteiger partial charge >= 0.3 is 0 Å². The number of hydrogen-bond acceptors (Lipinski definition) is 0. The van der Waals surface area contributed by atoms with Crippen LogP contribution >= 0.6 is 0 Å². The van der Waals surface area contributed by atoms with Crippen LogP contribution in [0.2, 0.25) is 0 Å². The molecule has 12 aromatic rings. The van der Waals surface area contributed by atoms with Crippen LogP contribution in [0.4, 0.5) is 0 Å². The summed E-state index contributed by atoms with van der Waals surface area (Å²) in [5.74, 6) is 0. The summed E-state index contributed by atoms with van der Waals surface area (Å²) in [6, 6.07) is 81.7. The van der Waals surface area contributed by atoms with Crippen molar-refractivity contribution in [2.75, 3.05) is 0 Å². The van der Waals surface area contributed by atoms with Crippen molar-refractivity contribution in [2.45, 2.75) is 19.3 Å². The topological polar surface area (TPSA) is 0 Å². The average molecular weight is 799 g/mol. The molecule has 13 rings (SSSR count). The van der Waals surface area contributed by atoms with E-state index in [-0.39, 0.29) is 5.41 Å². The van der Waals surface area contributed by atoms with Crippen LogP contribution in [-0.4, -0.2) is 0 Å². The number of hydrogen-bond donors (Lipinski definition) is 0. The van der Waals surface area contributed by atoms with Crippen LogP contribution in [0.1, 0.15) is 25.0 Å². The molecule has 0 spiro atoms. The van der Waals surface area contributed by atoms with Crippen LogP contribution in [0.15, 0.2) is 218 Å². The molecular weight excluding hydrogens is 757 g/mol. The van der Waals surface area contributed by atoms with E-state index in [1.807, 2.05) is 0 Å². The predicted octanol–water partition coefficient (Wildman–Crippen LogP) is 17.6. The summed E-state index contributed by atoms with van der Waals surface area (Å²) in [5.41, 5.74) is 15.3. The standard InChI is InChI=1S/C63H42/c1-63(2)61-37-42(41-26-25-39-13-3-4-14-40(39)35-41)27-31-58(61)59-32-29-44(38-62(59)63)45-21-11-23-53-48(45)22-12-24-54(53)56-34-33-46(47-15-5-6-16-49(47)56)43-28-30-57-52-19-8-7-17-50(52)51-18-9-10-20-55(51)60(57)36-43/h3-38H,1-2H3. The zero-order valence-electron chi connectivity index (χ0n) is 35.3. The van der Waals surface area contributed by atoms with Gasteiger partial charge in [-0.1, -0.05) is 208 Å². The Morgan fingerprint density at radius 1 is 0.222 bits per heavy atom. The molecule has 0 N–H and O–H groups in total. The molecule has 0 saturated carbocycles. The minimum Gasteiger partial charge on any atom is -0.0616 e. The van der Waals surface area contributed by atoms with Crippen molar-refractivity contribution < 1.29 is 0 Å². The van der Waals surface area contributed by atoms with Crippen molar-refractivity contribution in [2.24, 2.45) is 0 Å². The zero-order valence-corrected chi connectivity index (χ0v) is 35.3. The molecule has 1 aliphatic rings. The van der Waals surface area contributed by atoms with E-state index in [0.29, 0.717) is 0 Å². The lowest BCUT2D eigenvalue weighted by Gasteiger charge is -2.23. The van der Waals surface area contributed by atoms with E-state index in [1.54, 1.807) is 0 Å². The van der Waals surface area contributed by atoms with Crippen molar-refractivity contribution in [3.05, 3.63) is 230 Å². The second-order valence-corrected chi connectivity index (χ2v) is 18.0. The van der Waals surface area contributed by atoms with Crippen LogP contribution in [0.25, 0.3) is 120 Å². The maximum Gasteiger partial charge on any atom is 0.0159 e. The largest absolute Gasteiger partial charge is 0.0616 e. The molecule has 0 bridgehead atoms. The average Bonchev–Trinajstić information content (AvgIpc) is 3.57. The fourth-order valence-corrected chi connectivity index (χ4v) is 11.1. The zero-order chi connectivity index (χ0) is 41.8. The Balaban J connectivity index is 0.902. The van der Waals surface area contributed by atoms with Gasteiger partial charge in [0.2, 0.25) is 0 Å². The molecule has 0 atom stereocenters. The number of fused-ring (bicyclic) bond motifs is 12. The highest BCUT2D eigenvalue weighted by atomic mass is 14.4. The second-order valence-electron chi connectivity index (χ2n) is 18.0. The van der Waals surface area contributed by atoms with Crippen molar-refractivity contribution in [3.8, 4) is 55.6 Å². The van der Waals surface area contributed by atoms with Gasteiger partial charge in [0.1, 0.15) is 0 Å². The van der Waals surface area contributed by atoms with E-state index in [9.17, 15) is 0 Å². The third kappa shape index (κ3) is 5.41. The summed E-state index contributed by atoms with van der Waals surface area (Å²) in [6.45, 7) is 4.79. The molecule has 0 saturated heterocycles. The lowest BCUT2D eigenvalue weighted by atomic mass is 9.80. The Labute approximate surface area is 367 Å². The Morgan fingerprint density at radius 2 is 0.603 bits per heavy atom. The first-order valence-electron chi connectivity index (χ1n) is 22.2. The highest BCUT2D eigenvalue weighted by Gasteiger charge is 2.36. The van der Waals surface area contributed by atoms with Gasteiger partial charge in [0, 0.05) is 5.41 Å². The van der Waals surface area contributed by atoms with Gasteiger partial charge in [0.25, 0.3) is 0 Å². The molecule has 1 aliphatic carbocycles. The Hall–Kier alpha value is -7.80. The predicted molar refractivity (Wildman–Crippen MR) is 271 cm³/mol. The number of rotatable bonds is 4. The molecule has 12 aromatic carbocycles. The first-order valence-corrected chi connectivity index (χ1v) is 22.2. The Morgan fingerprint density at radius 3 is 1.27 bits per heavy atom. The Bertz CT molecular complexity index is 3840. The molecule has 0 fully saturated rings. The quantitative estimate of drug-likeness (QED) is 0.156. The van der Waals surface area contributed by atoms with E-state index in [0.717, 1.165) is 0 Å². The van der Waals surface area contributed by atoms with E-state index in [4.69, 9.17) is 0 Å². The molecule has 294 valence electrons. The van der Waals surface area contributed by atoms with Gasteiger partial charge in [0.05, 0.1) is 0 Å². The molecule has 0 aromatic heterocycles. The lowest BCUT2D eigenvalue weighted by molar-refractivity contribution is 0.661. The third-order valence-corrected chi connectivity index (χ3v) is 14.3. The summed E-state index contributed by atoms with van der Waals surface area (Å²) in [5, 5.41) is 15.4. The van der Waals surface area contributed by atoms with Crippen LogP contribution in [0.3, 0.4) is 0 Å². The second kappa shape index (κ2) is 13.6. The van der Waals surface area contributed by atoms with Gasteiger partial charge in [-0.25, -0.2) is 0 Å². The summed E-state index contributed by atoms with van der Waals surface area (Å²) in [4.78, 5) is 0. The monoisotopic (exact) mass is 798 g/mol. The molecule has 0 heterocycles. The van der Waals surface area contributed by atoms with Gasteiger partial charge in [0.15, 0.2) is 0 Å². The summed E-state index contributed by atoms with van der Waals surface area (Å²) in [6.07, 6.45) is 0. The van der Waals surface area contributed by atoms with Crippen molar-refractivity contribution in [1.82, 2.24) is 0 Å². The molecule has 0 heteroatoms. The van der Waals surface area contributed by atoms with Crippen LogP contribution < -0.4 is 0 Å². The molecule has 0 aliphatic heterocycles. The van der Waals surface area contributed by atoms with Gasteiger partial charge < -0.3 is 0 Å². The van der Waals surface area contributed by atoms with E-state index in [1.165, 1.54) is 131 Å². The molecule has 63 heavy (non-hydrogen) atoms. The maximum absolute atomic E-state index is 2.46. The summed E-state index contributed by atoms with van der Waals surface area (Å²) >= 11 is 0. The lowest BCUT2D eigenvalue weighted by Crippen LogP contribution is -2.15. The van der Waals surface area contributed by atoms with Gasteiger partial charge in [-0.15, -0.1) is 0 Å². The first-order chi connectivity index (χ1) is 31.0. The summed E-state index contributed by atoms with van der Waals surface area (Å²) in [7, 11) is 0. The number of benzene rings is 12. The van der Waals surface area contributed by atoms with Gasteiger partial charge in [-0.05, 0) is 156 Å². The normalized spacial score (nSPS) is 13.0. The maximum atomic E-state index is 2.46. The molecular formula is C63H42. The third-order valence-electron chi connectivity index (χ3n) is 14.3. The van der Waals surface area contributed by atoms with E-state index in [2.05, 4.69) is 232 Å². The van der Waals surface area contributed by atoms with E-state index >= 15 is 0 Å². The highest BCUT2D eigenvalue weighted by Crippen LogP contribution is 2.51. The van der Waals surface area contributed by atoms with Crippen LogP contribution in [0, 0.1) is 0 Å². The summed E-state index contributed by atoms with van der Waals surface area (Å²) < 4.78 is 0. The van der Waals surface area contributed by atoms with Gasteiger partial charge in [-0.2, -0.15) is 0 Å². The van der Waals surface area contributed by atoms with E-state index < -0.39 is 0 Å². The van der Waals surface area contributed by atoms with Crippen molar-refractivity contribution in [3.63, 3.8) is 0 Å².